The van der Waals surface area contributed by atoms with Crippen molar-refractivity contribution in [1.82, 2.24) is 10.2 Å². The zero-order chi connectivity index (χ0) is 16.1. The van der Waals surface area contributed by atoms with Gasteiger partial charge in [-0.25, -0.2) is 9.18 Å². The van der Waals surface area contributed by atoms with Gasteiger partial charge in [0.2, 0.25) is 6.10 Å². The van der Waals surface area contributed by atoms with Crippen LogP contribution in [0.25, 0.3) is 0 Å². The van der Waals surface area contributed by atoms with E-state index in [0.29, 0.717) is 5.56 Å². The second-order valence-electron chi connectivity index (χ2n) is 4.77. The molecule has 0 aliphatic heterocycles. The maximum absolute atomic E-state index is 12.9. The highest BCUT2D eigenvalue weighted by atomic mass is 19.1. The number of aromatic nitrogens is 2. The number of H-pyrrole nitrogens is 1. The van der Waals surface area contributed by atoms with Gasteiger partial charge in [0.15, 0.2) is 5.69 Å². The van der Waals surface area contributed by atoms with E-state index in [2.05, 4.69) is 10.2 Å². The quantitative estimate of drug-likeness (QED) is 0.796. The number of rotatable bonds is 6. The predicted octanol–water partition coefficient (Wildman–Crippen LogP) is 1.88. The van der Waals surface area contributed by atoms with Crippen LogP contribution in [0.3, 0.4) is 0 Å². The van der Waals surface area contributed by atoms with Crippen LogP contribution in [0.5, 0.6) is 0 Å². The number of primary amides is 1. The van der Waals surface area contributed by atoms with Crippen LogP contribution in [-0.2, 0) is 16.0 Å². The van der Waals surface area contributed by atoms with E-state index in [1.807, 2.05) is 6.92 Å². The number of carbonyl (C=O) groups is 2. The molecular formula is C15H16FN3O3. The lowest BCUT2D eigenvalue weighted by molar-refractivity contribution is -0.127. The summed E-state index contributed by atoms with van der Waals surface area (Å²) in [6.07, 6.45) is 0.354. The first-order chi connectivity index (χ1) is 10.5. The highest BCUT2D eigenvalue weighted by Crippen LogP contribution is 2.19. The lowest BCUT2D eigenvalue weighted by atomic mass is 10.1. The minimum absolute atomic E-state index is 0.0665. The molecule has 1 amide bonds. The van der Waals surface area contributed by atoms with Crippen molar-refractivity contribution in [2.24, 2.45) is 5.73 Å². The second-order valence-corrected chi connectivity index (χ2v) is 4.77. The molecule has 22 heavy (non-hydrogen) atoms. The van der Waals surface area contributed by atoms with E-state index in [0.717, 1.165) is 30.7 Å². The smallest absolute Gasteiger partial charge is 0.359 e. The summed E-state index contributed by atoms with van der Waals surface area (Å²) in [6, 6.07) is 6.56. The third-order valence-corrected chi connectivity index (χ3v) is 3.02. The van der Waals surface area contributed by atoms with Crippen LogP contribution in [0.4, 0.5) is 4.39 Å². The van der Waals surface area contributed by atoms with E-state index in [1.54, 1.807) is 6.07 Å². The molecule has 6 nitrogen and oxygen atoms in total. The number of benzene rings is 1. The Kier molecular flexibility index (Phi) is 4.88. The second kappa shape index (κ2) is 6.84. The van der Waals surface area contributed by atoms with Crippen molar-refractivity contribution in [2.75, 3.05) is 0 Å². The number of nitrogens with two attached hydrogens (primary N) is 1. The van der Waals surface area contributed by atoms with Crippen molar-refractivity contribution in [3.05, 3.63) is 53.1 Å². The summed E-state index contributed by atoms with van der Waals surface area (Å²) in [5.74, 6) is -2.08. The highest BCUT2D eigenvalue weighted by Gasteiger charge is 2.24. The molecule has 1 atom stereocenters. The van der Waals surface area contributed by atoms with E-state index in [9.17, 15) is 14.0 Å². The molecule has 0 saturated carbocycles. The van der Waals surface area contributed by atoms with Gasteiger partial charge in [-0.05, 0) is 24.6 Å². The Balaban J connectivity index is 2.14. The third kappa shape index (κ3) is 3.69. The Labute approximate surface area is 126 Å². The number of esters is 1. The van der Waals surface area contributed by atoms with Gasteiger partial charge >= 0.3 is 5.97 Å². The molecule has 1 aromatic carbocycles. The van der Waals surface area contributed by atoms with Gasteiger partial charge in [-0.15, -0.1) is 0 Å². The summed E-state index contributed by atoms with van der Waals surface area (Å²) in [5, 5.41) is 6.56. The molecule has 1 aromatic heterocycles. The van der Waals surface area contributed by atoms with Gasteiger partial charge in [-0.2, -0.15) is 5.10 Å². The highest BCUT2D eigenvalue weighted by molar-refractivity contribution is 5.90. The first kappa shape index (κ1) is 15.7. The largest absolute Gasteiger partial charge is 0.443 e. The van der Waals surface area contributed by atoms with Gasteiger partial charge in [-0.3, -0.25) is 9.89 Å². The van der Waals surface area contributed by atoms with Crippen molar-refractivity contribution >= 4 is 11.9 Å². The standard InChI is InChI=1S/C15H16FN3O3/c1-2-3-11-8-12(19-18-11)15(21)22-13(14(17)20)9-4-6-10(16)7-5-9/h4-8,13H,2-3H2,1H3,(H2,17,20)(H,18,19)/t13-/m0/s1. The summed E-state index contributed by atoms with van der Waals surface area (Å²) in [5.41, 5.74) is 6.41. The van der Waals surface area contributed by atoms with Gasteiger partial charge in [0, 0.05) is 11.3 Å². The lowest BCUT2D eigenvalue weighted by Crippen LogP contribution is -2.26. The summed E-state index contributed by atoms with van der Waals surface area (Å²) in [7, 11) is 0. The van der Waals surface area contributed by atoms with Crippen LogP contribution in [0.1, 0.15) is 41.2 Å². The summed E-state index contributed by atoms with van der Waals surface area (Å²) < 4.78 is 18.0. The number of aromatic amines is 1. The van der Waals surface area contributed by atoms with Crippen LogP contribution in [0.2, 0.25) is 0 Å². The molecule has 2 rings (SSSR count). The first-order valence-electron chi connectivity index (χ1n) is 6.81. The van der Waals surface area contributed by atoms with Crippen molar-refractivity contribution in [1.29, 1.82) is 0 Å². The molecular weight excluding hydrogens is 289 g/mol. The number of hydrogen-bond acceptors (Lipinski definition) is 4. The number of halogens is 1. The van der Waals surface area contributed by atoms with Crippen LogP contribution < -0.4 is 5.73 Å². The molecule has 116 valence electrons. The zero-order valence-electron chi connectivity index (χ0n) is 12.0. The fourth-order valence-corrected chi connectivity index (χ4v) is 1.96. The van der Waals surface area contributed by atoms with Crippen LogP contribution >= 0.6 is 0 Å². The van der Waals surface area contributed by atoms with E-state index in [-0.39, 0.29) is 5.69 Å². The predicted molar refractivity (Wildman–Crippen MR) is 76.3 cm³/mol. The lowest BCUT2D eigenvalue weighted by Gasteiger charge is -2.14. The Morgan fingerprint density at radius 2 is 2.05 bits per heavy atom. The minimum atomic E-state index is -1.29. The summed E-state index contributed by atoms with van der Waals surface area (Å²) >= 11 is 0. The van der Waals surface area contributed by atoms with Crippen molar-refractivity contribution < 1.29 is 18.7 Å². The summed E-state index contributed by atoms with van der Waals surface area (Å²) in [6.45, 7) is 2.00. The molecule has 0 bridgehead atoms. The molecule has 0 aliphatic carbocycles. The Bertz CT molecular complexity index is 667. The fourth-order valence-electron chi connectivity index (χ4n) is 1.96. The maximum atomic E-state index is 12.9. The number of nitrogens with zero attached hydrogens (tertiary/aromatic N) is 1. The van der Waals surface area contributed by atoms with Crippen molar-refractivity contribution in [3.63, 3.8) is 0 Å². The van der Waals surface area contributed by atoms with Gasteiger partial charge in [-0.1, -0.05) is 25.5 Å². The number of nitrogens with one attached hydrogen (secondary N) is 1. The molecule has 2 aromatic rings. The Morgan fingerprint density at radius 3 is 2.64 bits per heavy atom. The van der Waals surface area contributed by atoms with E-state index >= 15 is 0 Å². The van der Waals surface area contributed by atoms with Crippen molar-refractivity contribution in [3.8, 4) is 0 Å². The molecule has 0 fully saturated rings. The maximum Gasteiger partial charge on any atom is 0.359 e. The molecule has 7 heteroatoms. The average Bonchev–Trinajstić information content (AvgIpc) is 2.94. The zero-order valence-corrected chi connectivity index (χ0v) is 12.0. The minimum Gasteiger partial charge on any atom is -0.443 e. The monoisotopic (exact) mass is 305 g/mol. The number of aryl methyl sites for hydroxylation is 1. The fraction of sp³-hybridized carbons (Fsp3) is 0.267. The van der Waals surface area contributed by atoms with Crippen LogP contribution in [0.15, 0.2) is 30.3 Å². The molecule has 0 spiro atoms. The van der Waals surface area contributed by atoms with Gasteiger partial charge in [0.25, 0.3) is 5.91 Å². The molecule has 3 N–H and O–H groups in total. The topological polar surface area (TPSA) is 98.1 Å². The number of hydrogen-bond donors (Lipinski definition) is 2. The first-order valence-corrected chi connectivity index (χ1v) is 6.81. The average molecular weight is 305 g/mol. The normalized spacial score (nSPS) is 11.9. The number of amides is 1. The molecule has 0 unspecified atom stereocenters. The van der Waals surface area contributed by atoms with Crippen LogP contribution in [0, 0.1) is 5.82 Å². The summed E-state index contributed by atoms with van der Waals surface area (Å²) in [4.78, 5) is 23.5. The van der Waals surface area contributed by atoms with E-state index in [4.69, 9.17) is 10.5 Å². The molecule has 0 radical (unpaired) electrons. The van der Waals surface area contributed by atoms with Crippen LogP contribution in [-0.4, -0.2) is 22.1 Å². The number of ether oxygens (including phenoxy) is 1. The molecule has 0 aliphatic rings. The molecule has 1 heterocycles. The Morgan fingerprint density at radius 1 is 1.36 bits per heavy atom. The van der Waals surface area contributed by atoms with E-state index in [1.165, 1.54) is 12.1 Å². The number of carbonyl (C=O) groups excluding carboxylic acids is 2. The third-order valence-electron chi connectivity index (χ3n) is 3.02. The van der Waals surface area contributed by atoms with Crippen molar-refractivity contribution in [2.45, 2.75) is 25.9 Å². The molecule has 0 saturated heterocycles. The van der Waals surface area contributed by atoms with E-state index < -0.39 is 23.8 Å². The van der Waals surface area contributed by atoms with Gasteiger partial charge in [0.1, 0.15) is 5.82 Å². The van der Waals surface area contributed by atoms with Gasteiger partial charge < -0.3 is 10.5 Å². The van der Waals surface area contributed by atoms with Gasteiger partial charge in [0.05, 0.1) is 0 Å². The SMILES string of the molecule is CCCc1cc(C(=O)O[C@H](C(N)=O)c2ccc(F)cc2)n[nH]1. The Hall–Kier alpha value is -2.70.